The third-order valence-electron chi connectivity index (χ3n) is 3.16. The van der Waals surface area contributed by atoms with Crippen LogP contribution < -0.4 is 4.74 Å². The molecular weight excluding hydrogens is 288 g/mol. The normalized spacial score (nSPS) is 14.5. The molecule has 0 unspecified atom stereocenters. The van der Waals surface area contributed by atoms with E-state index in [1.54, 1.807) is 12.1 Å². The van der Waals surface area contributed by atoms with Gasteiger partial charge in [0.1, 0.15) is 5.75 Å². The minimum atomic E-state index is -1.01. The molecular formula is C15H14N2O5. The number of Topliss-reactive ketones (excluding diaryl/α,β-unsaturated/α-hetero) is 1. The van der Waals surface area contributed by atoms with Gasteiger partial charge in [-0.2, -0.15) is 0 Å². The zero-order valence-electron chi connectivity index (χ0n) is 11.9. The monoisotopic (exact) mass is 302 g/mol. The molecule has 7 heteroatoms. The summed E-state index contributed by atoms with van der Waals surface area (Å²) >= 11 is 0. The first-order chi connectivity index (χ1) is 10.5. The summed E-state index contributed by atoms with van der Waals surface area (Å²) in [6, 6.07) is 5.42. The second kappa shape index (κ2) is 6.21. The minimum Gasteiger partial charge on any atom is -0.497 e. The van der Waals surface area contributed by atoms with Crippen LogP contribution in [0.5, 0.6) is 5.75 Å². The maximum Gasteiger partial charge on any atom is 0.334 e. The number of hydrogen-bond acceptors (Lipinski definition) is 5. The fourth-order valence-electron chi connectivity index (χ4n) is 1.99. The Morgan fingerprint density at radius 2 is 1.73 bits per heavy atom. The number of urea groups is 1. The number of rotatable bonds is 6. The van der Waals surface area contributed by atoms with E-state index >= 15 is 0 Å². The lowest BCUT2D eigenvalue weighted by Crippen LogP contribution is -2.37. The molecule has 22 heavy (non-hydrogen) atoms. The summed E-state index contributed by atoms with van der Waals surface area (Å²) in [4.78, 5) is 48.9. The number of imide groups is 2. The maximum atomic E-state index is 12.1. The molecule has 0 bridgehead atoms. The van der Waals surface area contributed by atoms with Gasteiger partial charge >= 0.3 is 17.8 Å². The molecule has 0 saturated carbocycles. The fraction of sp³-hybridized carbons (Fsp3) is 0.200. The van der Waals surface area contributed by atoms with Crippen LogP contribution in [0.15, 0.2) is 36.9 Å². The third-order valence-corrected chi connectivity index (χ3v) is 3.16. The molecule has 4 amide bonds. The number of hydrogen-bond donors (Lipinski definition) is 0. The highest BCUT2D eigenvalue weighted by Gasteiger charge is 2.44. The predicted octanol–water partition coefficient (Wildman–Crippen LogP) is 0.855. The van der Waals surface area contributed by atoms with Gasteiger partial charge in [0.25, 0.3) is 0 Å². The van der Waals surface area contributed by atoms with Gasteiger partial charge in [-0.15, -0.1) is 6.58 Å². The van der Waals surface area contributed by atoms with Gasteiger partial charge in [0, 0.05) is 12.1 Å². The summed E-state index contributed by atoms with van der Waals surface area (Å²) < 4.78 is 4.98. The zero-order chi connectivity index (χ0) is 16.3. The zero-order valence-corrected chi connectivity index (χ0v) is 11.9. The Balaban J connectivity index is 2.13. The van der Waals surface area contributed by atoms with E-state index in [4.69, 9.17) is 4.74 Å². The molecule has 0 radical (unpaired) electrons. The molecule has 0 N–H and O–H groups in total. The summed E-state index contributed by atoms with van der Waals surface area (Å²) in [6.07, 6.45) is 1.33. The lowest BCUT2D eigenvalue weighted by Gasteiger charge is -2.13. The van der Waals surface area contributed by atoms with E-state index in [0.29, 0.717) is 16.2 Å². The van der Waals surface area contributed by atoms with E-state index in [-0.39, 0.29) is 6.54 Å². The quantitative estimate of drug-likeness (QED) is 0.337. The molecule has 2 rings (SSSR count). The number of carbonyl (C=O) groups is 4. The number of carbonyl (C=O) groups excluding carboxylic acids is 4. The van der Waals surface area contributed by atoms with Crippen LogP contribution in [0.25, 0.3) is 0 Å². The SMILES string of the molecule is C=CCN1C(=O)C(=O)N(CC(=O)c2ccc(OC)cc2)C1=O. The van der Waals surface area contributed by atoms with Crippen molar-refractivity contribution in [3.63, 3.8) is 0 Å². The summed E-state index contributed by atoms with van der Waals surface area (Å²) in [5.74, 6) is -1.82. The molecule has 1 aliphatic heterocycles. The molecule has 0 spiro atoms. The second-order valence-electron chi connectivity index (χ2n) is 4.53. The highest BCUT2D eigenvalue weighted by molar-refractivity contribution is 6.45. The Kier molecular flexibility index (Phi) is 4.36. The Labute approximate surface area is 126 Å². The Bertz CT molecular complexity index is 650. The first-order valence-electron chi connectivity index (χ1n) is 6.45. The van der Waals surface area contributed by atoms with Crippen LogP contribution in [0.2, 0.25) is 0 Å². The average Bonchev–Trinajstić information content (AvgIpc) is 2.73. The molecule has 1 aliphatic rings. The molecule has 0 aromatic heterocycles. The van der Waals surface area contributed by atoms with Crippen LogP contribution in [0.1, 0.15) is 10.4 Å². The second-order valence-corrected chi connectivity index (χ2v) is 4.53. The van der Waals surface area contributed by atoms with Crippen molar-refractivity contribution in [1.29, 1.82) is 0 Å². The van der Waals surface area contributed by atoms with Crippen LogP contribution >= 0.6 is 0 Å². The Hall–Kier alpha value is -2.96. The van der Waals surface area contributed by atoms with E-state index in [0.717, 1.165) is 4.90 Å². The van der Waals surface area contributed by atoms with Crippen LogP contribution in [0, 0.1) is 0 Å². The van der Waals surface area contributed by atoms with Gasteiger partial charge in [-0.3, -0.25) is 19.3 Å². The molecule has 114 valence electrons. The molecule has 1 heterocycles. The van der Waals surface area contributed by atoms with Crippen molar-refractivity contribution >= 4 is 23.6 Å². The Morgan fingerprint density at radius 3 is 2.27 bits per heavy atom. The van der Waals surface area contributed by atoms with Gasteiger partial charge in [0.2, 0.25) is 0 Å². The highest BCUT2D eigenvalue weighted by atomic mass is 16.5. The minimum absolute atomic E-state index is 0.0728. The molecule has 7 nitrogen and oxygen atoms in total. The number of amides is 4. The van der Waals surface area contributed by atoms with Crippen molar-refractivity contribution in [3.8, 4) is 5.75 Å². The van der Waals surface area contributed by atoms with Crippen LogP contribution in [-0.4, -0.2) is 53.6 Å². The molecule has 0 atom stereocenters. The van der Waals surface area contributed by atoms with Gasteiger partial charge in [-0.25, -0.2) is 9.69 Å². The van der Waals surface area contributed by atoms with E-state index < -0.39 is 30.2 Å². The van der Waals surface area contributed by atoms with Crippen molar-refractivity contribution in [2.24, 2.45) is 0 Å². The third kappa shape index (κ3) is 2.73. The number of nitrogens with zero attached hydrogens (tertiary/aromatic N) is 2. The van der Waals surface area contributed by atoms with E-state index in [2.05, 4.69) is 6.58 Å². The predicted molar refractivity (Wildman–Crippen MR) is 76.3 cm³/mol. The van der Waals surface area contributed by atoms with Gasteiger partial charge in [-0.1, -0.05) is 6.08 Å². The summed E-state index contributed by atoms with van der Waals surface area (Å²) in [7, 11) is 1.50. The van der Waals surface area contributed by atoms with Gasteiger partial charge in [0.15, 0.2) is 5.78 Å². The smallest absolute Gasteiger partial charge is 0.334 e. The van der Waals surface area contributed by atoms with Crippen molar-refractivity contribution < 1.29 is 23.9 Å². The van der Waals surface area contributed by atoms with Crippen LogP contribution in [0.4, 0.5) is 4.79 Å². The highest BCUT2D eigenvalue weighted by Crippen LogP contribution is 2.15. The van der Waals surface area contributed by atoms with Crippen molar-refractivity contribution in [2.75, 3.05) is 20.2 Å². The molecule has 0 aliphatic carbocycles. The average molecular weight is 302 g/mol. The largest absolute Gasteiger partial charge is 0.497 e. The molecule has 1 fully saturated rings. The van der Waals surface area contributed by atoms with E-state index in [1.807, 2.05) is 0 Å². The Morgan fingerprint density at radius 1 is 1.14 bits per heavy atom. The van der Waals surface area contributed by atoms with E-state index in [1.165, 1.54) is 25.3 Å². The molecule has 1 saturated heterocycles. The van der Waals surface area contributed by atoms with Crippen LogP contribution in [0.3, 0.4) is 0 Å². The topological polar surface area (TPSA) is 84.0 Å². The summed E-state index contributed by atoms with van der Waals surface area (Å²) in [5.41, 5.74) is 0.316. The first-order valence-corrected chi connectivity index (χ1v) is 6.45. The first kappa shape index (κ1) is 15.4. The summed E-state index contributed by atoms with van der Waals surface area (Å²) in [6.45, 7) is 2.86. The number of ketones is 1. The van der Waals surface area contributed by atoms with Gasteiger partial charge in [0.05, 0.1) is 13.7 Å². The summed E-state index contributed by atoms with van der Waals surface area (Å²) in [5, 5.41) is 0. The van der Waals surface area contributed by atoms with Gasteiger partial charge in [-0.05, 0) is 24.3 Å². The lowest BCUT2D eigenvalue weighted by atomic mass is 10.1. The lowest BCUT2D eigenvalue weighted by molar-refractivity contribution is -0.142. The van der Waals surface area contributed by atoms with Gasteiger partial charge < -0.3 is 4.74 Å². The fourth-order valence-corrected chi connectivity index (χ4v) is 1.99. The standard InChI is InChI=1S/C15H14N2O5/c1-3-8-16-13(19)14(20)17(15(16)21)9-12(18)10-4-6-11(22-2)7-5-10/h3-7H,1,8-9H2,2H3. The number of methoxy groups -OCH3 is 1. The maximum absolute atomic E-state index is 12.1. The molecule has 1 aromatic carbocycles. The van der Waals surface area contributed by atoms with E-state index in [9.17, 15) is 19.2 Å². The van der Waals surface area contributed by atoms with Crippen molar-refractivity contribution in [3.05, 3.63) is 42.5 Å². The molecule has 1 aromatic rings. The van der Waals surface area contributed by atoms with Crippen molar-refractivity contribution in [1.82, 2.24) is 9.80 Å². The van der Waals surface area contributed by atoms with Crippen molar-refractivity contribution in [2.45, 2.75) is 0 Å². The number of ether oxygens (including phenoxy) is 1. The van der Waals surface area contributed by atoms with Crippen LogP contribution in [-0.2, 0) is 9.59 Å². The number of benzene rings is 1.